The lowest BCUT2D eigenvalue weighted by molar-refractivity contribution is 0.0600. The van der Waals surface area contributed by atoms with Gasteiger partial charge < -0.3 is 10.1 Å². The van der Waals surface area contributed by atoms with Gasteiger partial charge in [-0.05, 0) is 37.3 Å². The van der Waals surface area contributed by atoms with Crippen LogP contribution in [0.25, 0.3) is 0 Å². The first-order valence-electron chi connectivity index (χ1n) is 6.35. The number of carbonyl (C=O) groups excluding carboxylic acids is 2. The Bertz CT molecular complexity index is 659. The first-order valence-corrected chi connectivity index (χ1v) is 6.35. The molecule has 0 spiro atoms. The number of aromatic nitrogens is 2. The van der Waals surface area contributed by atoms with Crippen molar-refractivity contribution in [1.29, 1.82) is 0 Å². The Morgan fingerprint density at radius 1 is 1.19 bits per heavy atom. The van der Waals surface area contributed by atoms with Gasteiger partial charge in [-0.1, -0.05) is 0 Å². The molecule has 21 heavy (non-hydrogen) atoms. The summed E-state index contributed by atoms with van der Waals surface area (Å²) in [5, 5.41) is 2.76. The van der Waals surface area contributed by atoms with E-state index in [1.165, 1.54) is 7.11 Å². The minimum Gasteiger partial charge on any atom is -0.465 e. The van der Waals surface area contributed by atoms with Crippen LogP contribution < -0.4 is 5.32 Å². The van der Waals surface area contributed by atoms with Gasteiger partial charge in [0.2, 0.25) is 0 Å². The van der Waals surface area contributed by atoms with Crippen LogP contribution in [0.2, 0.25) is 0 Å². The molecule has 0 fully saturated rings. The van der Waals surface area contributed by atoms with Crippen LogP contribution >= 0.6 is 0 Å². The van der Waals surface area contributed by atoms with Crippen molar-refractivity contribution >= 4 is 11.9 Å². The Labute approximate surface area is 123 Å². The molecule has 2 rings (SSSR count). The fraction of sp³-hybridized carbons (Fsp3) is 0.200. The zero-order chi connectivity index (χ0) is 15.2. The largest absolute Gasteiger partial charge is 0.465 e. The summed E-state index contributed by atoms with van der Waals surface area (Å²) in [6, 6.07) is 8.00. The molecule has 0 unspecified atom stereocenters. The molecular weight excluding hydrogens is 270 g/mol. The smallest absolute Gasteiger partial charge is 0.337 e. The third-order valence-corrected chi connectivity index (χ3v) is 2.83. The van der Waals surface area contributed by atoms with Crippen molar-refractivity contribution in [1.82, 2.24) is 15.3 Å². The zero-order valence-electron chi connectivity index (χ0n) is 11.8. The highest BCUT2D eigenvalue weighted by Gasteiger charge is 2.09. The van der Waals surface area contributed by atoms with E-state index in [9.17, 15) is 9.59 Å². The molecule has 1 amide bonds. The summed E-state index contributed by atoms with van der Waals surface area (Å²) in [5.74, 6) is -0.00900. The summed E-state index contributed by atoms with van der Waals surface area (Å²) in [4.78, 5) is 31.5. The maximum absolute atomic E-state index is 12.0. The number of esters is 1. The number of nitrogens with one attached hydrogen (secondary N) is 1. The summed E-state index contributed by atoms with van der Waals surface area (Å²) in [6.45, 7) is 2.11. The molecular formula is C15H17N3O3. The second kappa shape index (κ2) is 6.60. The van der Waals surface area contributed by atoms with Crippen LogP contribution in [-0.4, -0.2) is 29.0 Å². The summed E-state index contributed by atoms with van der Waals surface area (Å²) in [7, 11) is 1.31. The molecule has 6 nitrogen and oxygen atoms in total. The highest BCUT2D eigenvalue weighted by molar-refractivity contribution is 5.96. The van der Waals surface area contributed by atoms with Crippen molar-refractivity contribution in [2.24, 2.45) is 0 Å². The number of carbonyl (C=O) groups is 2. The van der Waals surface area contributed by atoms with Crippen molar-refractivity contribution in [3.63, 3.8) is 0 Å². The van der Waals surface area contributed by atoms with E-state index in [0.717, 1.165) is 5.69 Å². The monoisotopic (exact) mass is 287 g/mol. The summed E-state index contributed by atoms with van der Waals surface area (Å²) >= 11 is 0. The quantitative estimate of drug-likeness (QED) is 0.866. The Kier molecular flexibility index (Phi) is 4.61. The maximum atomic E-state index is 12.0. The predicted octanol–water partition coefficient (Wildman–Crippen LogP) is 1.75. The topological polar surface area (TPSA) is 81.2 Å². The van der Waals surface area contributed by atoms with E-state index >= 15 is 0 Å². The van der Waals surface area contributed by atoms with E-state index in [4.69, 9.17) is 0 Å². The third kappa shape index (κ3) is 3.85. The van der Waals surface area contributed by atoms with E-state index in [-0.39, 0.29) is 7.33 Å². The number of nitrogens with zero attached hydrogens (tertiary/aromatic N) is 2. The zero-order valence-corrected chi connectivity index (χ0v) is 11.8. The lowest BCUT2D eigenvalue weighted by atomic mass is 10.1. The Hall–Kier alpha value is -2.76. The van der Waals surface area contributed by atoms with Crippen molar-refractivity contribution in [3.05, 3.63) is 59.2 Å². The number of hydrogen-bond acceptors (Lipinski definition) is 5. The molecule has 2 aromatic rings. The number of aryl methyl sites for hydroxylation is 1. The molecule has 0 bridgehead atoms. The van der Waals surface area contributed by atoms with E-state index < -0.39 is 5.97 Å². The molecule has 1 aromatic heterocycles. The average molecular weight is 287 g/mol. The van der Waals surface area contributed by atoms with Crippen LogP contribution in [-0.2, 0) is 11.3 Å². The lowest BCUT2D eigenvalue weighted by Gasteiger charge is -2.06. The average Bonchev–Trinajstić information content (AvgIpc) is 2.52. The molecule has 1 N–H and O–H groups in total. The van der Waals surface area contributed by atoms with Gasteiger partial charge >= 0.3 is 5.97 Å². The first-order chi connectivity index (χ1) is 10.1. The van der Waals surface area contributed by atoms with Crippen molar-refractivity contribution in [3.8, 4) is 0 Å². The van der Waals surface area contributed by atoms with Crippen LogP contribution in [0.15, 0.2) is 36.5 Å². The van der Waals surface area contributed by atoms with Gasteiger partial charge in [-0.2, -0.15) is 0 Å². The van der Waals surface area contributed by atoms with Crippen LogP contribution in [0, 0.1) is 6.92 Å². The number of benzene rings is 1. The molecule has 1 aromatic carbocycles. The van der Waals surface area contributed by atoms with Crippen molar-refractivity contribution in [2.75, 3.05) is 7.11 Å². The number of hydrogen-bond donors (Lipinski definition) is 1. The van der Waals surface area contributed by atoms with E-state index in [0.29, 0.717) is 23.5 Å². The fourth-order valence-corrected chi connectivity index (χ4v) is 1.75. The van der Waals surface area contributed by atoms with E-state index in [1.54, 1.807) is 43.5 Å². The standard InChI is InChI=1S/C15H15N3O3.H2/c1-10-16-8-7-13(18-10)9-17-14(19)11-3-5-12(6-4-11)15(20)21-2;/h3-8H,9H2,1-2H3,(H,17,19);1H. The Morgan fingerprint density at radius 3 is 2.48 bits per heavy atom. The second-order valence-electron chi connectivity index (χ2n) is 4.35. The van der Waals surface area contributed by atoms with Gasteiger partial charge in [-0.25, -0.2) is 14.8 Å². The van der Waals surface area contributed by atoms with E-state index in [1.807, 2.05) is 0 Å². The van der Waals surface area contributed by atoms with Gasteiger partial charge in [0.1, 0.15) is 5.82 Å². The van der Waals surface area contributed by atoms with Crippen LogP contribution in [0.1, 0.15) is 33.7 Å². The molecule has 0 saturated heterocycles. The van der Waals surface area contributed by atoms with Crippen molar-refractivity contribution < 1.29 is 15.8 Å². The SMILES string of the molecule is COC(=O)c1ccc(C(=O)NCc2ccnc(C)n2)cc1.[HH]. The summed E-state index contributed by atoms with van der Waals surface area (Å²) in [5.41, 5.74) is 1.61. The molecule has 0 atom stereocenters. The van der Waals surface area contributed by atoms with Gasteiger partial charge in [-0.3, -0.25) is 4.79 Å². The molecule has 0 aliphatic heterocycles. The van der Waals surface area contributed by atoms with Gasteiger partial charge in [0.05, 0.1) is 24.9 Å². The molecule has 6 heteroatoms. The van der Waals surface area contributed by atoms with Crippen molar-refractivity contribution in [2.45, 2.75) is 13.5 Å². The molecule has 110 valence electrons. The number of amides is 1. The van der Waals surface area contributed by atoms with Crippen LogP contribution in [0.3, 0.4) is 0 Å². The van der Waals surface area contributed by atoms with Gasteiger partial charge in [0.25, 0.3) is 5.91 Å². The summed E-state index contributed by atoms with van der Waals surface area (Å²) in [6.07, 6.45) is 1.65. The molecule has 0 radical (unpaired) electrons. The minimum absolute atomic E-state index is 0. The molecule has 1 heterocycles. The lowest BCUT2D eigenvalue weighted by Crippen LogP contribution is -2.23. The fourth-order valence-electron chi connectivity index (χ4n) is 1.75. The number of ether oxygens (including phenoxy) is 1. The highest BCUT2D eigenvalue weighted by atomic mass is 16.5. The van der Waals surface area contributed by atoms with E-state index in [2.05, 4.69) is 20.0 Å². The summed E-state index contributed by atoms with van der Waals surface area (Å²) < 4.78 is 4.60. The highest BCUT2D eigenvalue weighted by Crippen LogP contribution is 2.06. The minimum atomic E-state index is -0.432. The molecule has 0 aliphatic carbocycles. The van der Waals surface area contributed by atoms with Gasteiger partial charge in [0, 0.05) is 13.2 Å². The molecule has 0 saturated carbocycles. The predicted molar refractivity (Wildman–Crippen MR) is 77.8 cm³/mol. The van der Waals surface area contributed by atoms with Crippen LogP contribution in [0.4, 0.5) is 0 Å². The molecule has 0 aliphatic rings. The van der Waals surface area contributed by atoms with Gasteiger partial charge in [-0.15, -0.1) is 0 Å². The van der Waals surface area contributed by atoms with Gasteiger partial charge in [0.15, 0.2) is 0 Å². The third-order valence-electron chi connectivity index (χ3n) is 2.83. The Morgan fingerprint density at radius 2 is 1.86 bits per heavy atom. The second-order valence-corrected chi connectivity index (χ2v) is 4.35. The Balaban J connectivity index is 0.00000242. The maximum Gasteiger partial charge on any atom is 0.337 e. The first kappa shape index (κ1) is 14.6. The normalized spacial score (nSPS) is 10.0. The number of methoxy groups -OCH3 is 1. The number of rotatable bonds is 4. The van der Waals surface area contributed by atoms with Crippen LogP contribution in [0.5, 0.6) is 0 Å².